The van der Waals surface area contributed by atoms with Crippen LogP contribution in [-0.2, 0) is 16.0 Å². The number of benzene rings is 1. The molecule has 0 radical (unpaired) electrons. The predicted molar refractivity (Wildman–Crippen MR) is 80.5 cm³/mol. The lowest BCUT2D eigenvalue weighted by atomic mass is 9.91. The van der Waals surface area contributed by atoms with Gasteiger partial charge < -0.3 is 20.1 Å². The fourth-order valence-corrected chi connectivity index (χ4v) is 2.12. The Hall–Kier alpha value is -2.67. The molecule has 7 heteroatoms. The van der Waals surface area contributed by atoms with Gasteiger partial charge in [0.25, 0.3) is 0 Å². The normalized spacial score (nSPS) is 11.6. The number of hydrogen-bond donors (Lipinski definition) is 3. The van der Waals surface area contributed by atoms with Gasteiger partial charge in [-0.2, -0.15) is 0 Å². The van der Waals surface area contributed by atoms with Crippen molar-refractivity contribution in [2.24, 2.45) is 0 Å². The van der Waals surface area contributed by atoms with E-state index in [1.165, 1.54) is 19.9 Å². The first-order chi connectivity index (χ1) is 10.7. The number of aliphatic hydroxyl groups excluding tert-OH is 1. The summed E-state index contributed by atoms with van der Waals surface area (Å²) in [4.78, 5) is 34.0. The van der Waals surface area contributed by atoms with Crippen molar-refractivity contribution in [2.45, 2.75) is 26.4 Å². The van der Waals surface area contributed by atoms with E-state index in [2.05, 4.69) is 6.58 Å². The van der Waals surface area contributed by atoms with Gasteiger partial charge >= 0.3 is 17.9 Å². The lowest BCUT2D eigenvalue weighted by Gasteiger charge is -2.17. The van der Waals surface area contributed by atoms with Gasteiger partial charge in [0.15, 0.2) is 0 Å². The predicted octanol–water partition coefficient (Wildman–Crippen LogP) is 1.80. The Balaban J connectivity index is 3.26. The van der Waals surface area contributed by atoms with Crippen molar-refractivity contribution in [1.82, 2.24) is 0 Å². The van der Waals surface area contributed by atoms with Crippen molar-refractivity contribution in [3.05, 3.63) is 46.5 Å². The van der Waals surface area contributed by atoms with Crippen molar-refractivity contribution in [3.63, 3.8) is 0 Å². The monoisotopic (exact) mass is 322 g/mol. The minimum absolute atomic E-state index is 0.0397. The maximum atomic E-state index is 11.5. The van der Waals surface area contributed by atoms with Gasteiger partial charge in [-0.25, -0.2) is 14.4 Å². The summed E-state index contributed by atoms with van der Waals surface area (Å²) in [5.41, 5.74) is -0.204. The van der Waals surface area contributed by atoms with Crippen LogP contribution < -0.4 is 0 Å². The molecular weight excluding hydrogens is 304 g/mol. The van der Waals surface area contributed by atoms with Crippen LogP contribution in [0.25, 0.3) is 0 Å². The number of carbonyl (C=O) groups excluding carboxylic acids is 1. The van der Waals surface area contributed by atoms with E-state index >= 15 is 0 Å². The first-order valence-corrected chi connectivity index (χ1v) is 6.79. The SMILES string of the molecule is C=C(C)C(=O)OCCc1c(C(C)O)ccc(C(=O)O)c1C(=O)O. The van der Waals surface area contributed by atoms with E-state index in [-0.39, 0.29) is 35.3 Å². The summed E-state index contributed by atoms with van der Waals surface area (Å²) in [5.74, 6) is -3.44. The largest absolute Gasteiger partial charge is 0.478 e. The molecule has 1 unspecified atom stereocenters. The molecular formula is C16H18O7. The van der Waals surface area contributed by atoms with Crippen LogP contribution >= 0.6 is 0 Å². The number of carboxylic acid groups (broad SMARTS) is 2. The summed E-state index contributed by atoms with van der Waals surface area (Å²) in [7, 11) is 0. The zero-order valence-corrected chi connectivity index (χ0v) is 12.8. The Morgan fingerprint density at radius 2 is 1.83 bits per heavy atom. The number of esters is 1. The number of carboxylic acids is 2. The molecule has 0 aliphatic carbocycles. The molecule has 0 fully saturated rings. The second-order valence-corrected chi connectivity index (χ2v) is 5.01. The molecule has 1 aromatic rings. The highest BCUT2D eigenvalue weighted by Crippen LogP contribution is 2.25. The summed E-state index contributed by atoms with van der Waals surface area (Å²) in [5, 5.41) is 28.2. The lowest BCUT2D eigenvalue weighted by molar-refractivity contribution is -0.138. The molecule has 23 heavy (non-hydrogen) atoms. The Morgan fingerprint density at radius 1 is 1.22 bits per heavy atom. The van der Waals surface area contributed by atoms with E-state index in [0.29, 0.717) is 0 Å². The smallest absolute Gasteiger partial charge is 0.336 e. The minimum atomic E-state index is -1.42. The molecule has 0 heterocycles. The Bertz CT molecular complexity index is 659. The van der Waals surface area contributed by atoms with Crippen molar-refractivity contribution in [1.29, 1.82) is 0 Å². The number of ether oxygens (including phenoxy) is 1. The summed E-state index contributed by atoms with van der Waals surface area (Å²) in [6, 6.07) is 2.49. The molecule has 0 amide bonds. The molecule has 3 N–H and O–H groups in total. The molecule has 0 saturated carbocycles. The highest BCUT2D eigenvalue weighted by molar-refractivity contribution is 6.03. The molecule has 0 saturated heterocycles. The molecule has 1 aromatic carbocycles. The van der Waals surface area contributed by atoms with Gasteiger partial charge in [-0.15, -0.1) is 0 Å². The summed E-state index contributed by atoms with van der Waals surface area (Å²) in [6.45, 7) is 6.17. The number of aliphatic hydroxyl groups is 1. The van der Waals surface area contributed by atoms with Gasteiger partial charge in [-0.3, -0.25) is 0 Å². The standard InChI is InChI=1S/C16H18O7/c1-8(2)16(22)23-7-6-11-10(9(3)17)4-5-12(14(18)19)13(11)15(20)21/h4-5,9,17H,1,6-7H2,2-3H3,(H,18,19)(H,20,21). The lowest BCUT2D eigenvalue weighted by Crippen LogP contribution is -2.17. The van der Waals surface area contributed by atoms with Crippen LogP contribution in [0.15, 0.2) is 24.3 Å². The first kappa shape index (κ1) is 18.4. The van der Waals surface area contributed by atoms with Crippen LogP contribution in [-0.4, -0.2) is 39.8 Å². The van der Waals surface area contributed by atoms with Gasteiger partial charge in [0.1, 0.15) is 0 Å². The van der Waals surface area contributed by atoms with Crippen molar-refractivity contribution in [2.75, 3.05) is 6.61 Å². The molecule has 0 aliphatic rings. The molecule has 124 valence electrons. The molecule has 7 nitrogen and oxygen atoms in total. The minimum Gasteiger partial charge on any atom is -0.478 e. The van der Waals surface area contributed by atoms with E-state index < -0.39 is 29.6 Å². The second kappa shape index (κ2) is 7.55. The first-order valence-electron chi connectivity index (χ1n) is 6.79. The van der Waals surface area contributed by atoms with Gasteiger partial charge in [0.05, 0.1) is 23.8 Å². The molecule has 1 atom stereocenters. The van der Waals surface area contributed by atoms with Crippen LogP contribution in [0.4, 0.5) is 0 Å². The maximum absolute atomic E-state index is 11.5. The second-order valence-electron chi connectivity index (χ2n) is 5.01. The van der Waals surface area contributed by atoms with Crippen LogP contribution in [0.1, 0.15) is 51.8 Å². The Kier molecular flexibility index (Phi) is 6.03. The van der Waals surface area contributed by atoms with Crippen LogP contribution in [0.5, 0.6) is 0 Å². The quantitative estimate of drug-likeness (QED) is 0.517. The third-order valence-corrected chi connectivity index (χ3v) is 3.18. The van der Waals surface area contributed by atoms with Gasteiger partial charge in [-0.05, 0) is 31.0 Å². The molecule has 1 rings (SSSR count). The zero-order valence-electron chi connectivity index (χ0n) is 12.8. The van der Waals surface area contributed by atoms with E-state index in [0.717, 1.165) is 6.07 Å². The van der Waals surface area contributed by atoms with Gasteiger partial charge in [-0.1, -0.05) is 12.6 Å². The summed E-state index contributed by atoms with van der Waals surface area (Å²) < 4.78 is 4.92. The third-order valence-electron chi connectivity index (χ3n) is 3.18. The maximum Gasteiger partial charge on any atom is 0.336 e. The van der Waals surface area contributed by atoms with E-state index in [9.17, 15) is 24.6 Å². The molecule has 0 aliphatic heterocycles. The Morgan fingerprint density at radius 3 is 2.26 bits per heavy atom. The summed E-state index contributed by atoms with van der Waals surface area (Å²) in [6.07, 6.45) is -1.04. The highest BCUT2D eigenvalue weighted by atomic mass is 16.5. The number of hydrogen-bond acceptors (Lipinski definition) is 5. The fraction of sp³-hybridized carbons (Fsp3) is 0.312. The fourth-order valence-electron chi connectivity index (χ4n) is 2.12. The average Bonchev–Trinajstić information content (AvgIpc) is 2.45. The van der Waals surface area contributed by atoms with E-state index in [4.69, 9.17) is 9.84 Å². The topological polar surface area (TPSA) is 121 Å². The van der Waals surface area contributed by atoms with Crippen molar-refractivity contribution in [3.8, 4) is 0 Å². The third kappa shape index (κ3) is 4.40. The zero-order chi connectivity index (χ0) is 17.7. The van der Waals surface area contributed by atoms with Crippen LogP contribution in [0, 0.1) is 0 Å². The van der Waals surface area contributed by atoms with E-state index in [1.54, 1.807) is 0 Å². The summed E-state index contributed by atoms with van der Waals surface area (Å²) >= 11 is 0. The average molecular weight is 322 g/mol. The van der Waals surface area contributed by atoms with Crippen molar-refractivity contribution < 1.29 is 34.4 Å². The van der Waals surface area contributed by atoms with Crippen LogP contribution in [0.3, 0.4) is 0 Å². The van der Waals surface area contributed by atoms with Crippen molar-refractivity contribution >= 4 is 17.9 Å². The van der Waals surface area contributed by atoms with E-state index in [1.807, 2.05) is 0 Å². The molecule has 0 bridgehead atoms. The van der Waals surface area contributed by atoms with Gasteiger partial charge in [0.2, 0.25) is 0 Å². The molecule has 0 aromatic heterocycles. The molecule has 0 spiro atoms. The van der Waals surface area contributed by atoms with Gasteiger partial charge in [0, 0.05) is 12.0 Å². The number of carbonyl (C=O) groups is 3. The Labute approximate surface area is 132 Å². The number of aromatic carboxylic acids is 2. The number of rotatable bonds is 7. The van der Waals surface area contributed by atoms with Crippen LogP contribution in [0.2, 0.25) is 0 Å². The highest BCUT2D eigenvalue weighted by Gasteiger charge is 2.24.